The summed E-state index contributed by atoms with van der Waals surface area (Å²) in [6.07, 6.45) is 12.6. The lowest BCUT2D eigenvalue weighted by Crippen LogP contribution is -2.57. The summed E-state index contributed by atoms with van der Waals surface area (Å²) >= 11 is 1.60. The normalized spacial score (nSPS) is 22.7. The Morgan fingerprint density at radius 3 is 2.67 bits per heavy atom. The van der Waals surface area contributed by atoms with Gasteiger partial charge in [0.05, 0.1) is 5.56 Å². The molecule has 260 valence electrons. The molecule has 3 fully saturated rings. The van der Waals surface area contributed by atoms with Crippen molar-refractivity contribution in [3.63, 3.8) is 0 Å². The molecule has 7 rings (SSSR count). The van der Waals surface area contributed by atoms with Crippen LogP contribution in [0.4, 0.5) is 10.8 Å². The van der Waals surface area contributed by atoms with Crippen molar-refractivity contribution in [2.24, 2.45) is 0 Å². The molecule has 11 heteroatoms. The van der Waals surface area contributed by atoms with Crippen LogP contribution in [0.3, 0.4) is 0 Å². The van der Waals surface area contributed by atoms with Crippen molar-refractivity contribution in [1.82, 2.24) is 24.9 Å². The Morgan fingerprint density at radius 1 is 1.15 bits per heavy atom. The highest BCUT2D eigenvalue weighted by atomic mass is 32.1. The number of likely N-dealkylation sites (N-methyl/N-ethyl adjacent to an activating group) is 1. The maximum atomic E-state index is 9.78. The lowest BCUT2D eigenvalue weighted by atomic mass is 9.82. The zero-order chi connectivity index (χ0) is 34.0. The van der Waals surface area contributed by atoms with Gasteiger partial charge in [0.1, 0.15) is 29.3 Å². The highest BCUT2D eigenvalue weighted by Crippen LogP contribution is 2.46. The van der Waals surface area contributed by atoms with Crippen LogP contribution < -0.4 is 15.4 Å². The minimum absolute atomic E-state index is 0.0114. The lowest BCUT2D eigenvalue weighted by molar-refractivity contribution is 0.115. The second kappa shape index (κ2) is 14.7. The van der Waals surface area contributed by atoms with Crippen LogP contribution in [0.15, 0.2) is 16.9 Å². The van der Waals surface area contributed by atoms with E-state index in [0.29, 0.717) is 46.0 Å². The van der Waals surface area contributed by atoms with Crippen LogP contribution >= 0.6 is 11.3 Å². The summed E-state index contributed by atoms with van der Waals surface area (Å²) in [6.45, 7) is 14.8. The predicted molar refractivity (Wildman–Crippen MR) is 193 cm³/mol. The van der Waals surface area contributed by atoms with Crippen LogP contribution in [0.5, 0.6) is 5.88 Å². The quantitative estimate of drug-likeness (QED) is 0.240. The second-order valence-corrected chi connectivity index (χ2v) is 15.4. The van der Waals surface area contributed by atoms with Crippen molar-refractivity contribution in [2.45, 2.75) is 128 Å². The zero-order valence-electron chi connectivity index (χ0n) is 29.8. The van der Waals surface area contributed by atoms with Crippen molar-refractivity contribution < 1.29 is 9.26 Å². The maximum Gasteiger partial charge on any atom is 0.219 e. The van der Waals surface area contributed by atoms with E-state index in [9.17, 15) is 5.26 Å². The lowest BCUT2D eigenvalue weighted by Gasteiger charge is -2.44. The first-order chi connectivity index (χ1) is 23.3. The van der Waals surface area contributed by atoms with Crippen molar-refractivity contribution in [1.29, 1.82) is 5.26 Å². The standard InChI is InChI=1S/C35H48N8O2S.C2H6/c1-22(2)43-17-16-42(21-35(43)13-14-35)29-18-30(45-23(3)27-11-7-15-41(27)4)39-34(38-29)32-25(20-44-40-32)10-5-8-24-9-6-12-28-31(24)26(19-36)33(37)46-28;1-2/h18,20,22-24,27H,5-17,21,37H2,1-4H3;1-2H3/t23-,24?,27?;/m0./s1. The number of anilines is 2. The van der Waals surface area contributed by atoms with Gasteiger partial charge >= 0.3 is 0 Å². The van der Waals surface area contributed by atoms with E-state index in [1.165, 1.54) is 29.7 Å². The van der Waals surface area contributed by atoms with Gasteiger partial charge in [0.15, 0.2) is 11.5 Å². The molecule has 2 aliphatic carbocycles. The van der Waals surface area contributed by atoms with Crippen LogP contribution in [-0.4, -0.2) is 81.9 Å². The smallest absolute Gasteiger partial charge is 0.219 e. The Balaban J connectivity index is 0.00000197. The Morgan fingerprint density at radius 2 is 1.96 bits per heavy atom. The summed E-state index contributed by atoms with van der Waals surface area (Å²) in [5.41, 5.74) is 10.1. The van der Waals surface area contributed by atoms with E-state index in [0.717, 1.165) is 82.5 Å². The van der Waals surface area contributed by atoms with E-state index in [1.54, 1.807) is 17.6 Å². The number of nitrogens with two attached hydrogens (primary N) is 1. The molecule has 3 aromatic rings. The summed E-state index contributed by atoms with van der Waals surface area (Å²) in [5.74, 6) is 2.44. The van der Waals surface area contributed by atoms with E-state index < -0.39 is 0 Å². The highest BCUT2D eigenvalue weighted by molar-refractivity contribution is 7.16. The van der Waals surface area contributed by atoms with E-state index >= 15 is 0 Å². The molecule has 0 bridgehead atoms. The van der Waals surface area contributed by atoms with E-state index in [1.807, 2.05) is 19.9 Å². The minimum Gasteiger partial charge on any atom is -0.473 e. The van der Waals surface area contributed by atoms with Gasteiger partial charge in [-0.3, -0.25) is 9.80 Å². The summed E-state index contributed by atoms with van der Waals surface area (Å²) in [4.78, 5) is 18.9. The van der Waals surface area contributed by atoms with Gasteiger partial charge in [-0.1, -0.05) is 19.0 Å². The van der Waals surface area contributed by atoms with Crippen molar-refractivity contribution in [2.75, 3.05) is 43.9 Å². The fraction of sp³-hybridized carbons (Fsp3) is 0.676. The molecule has 4 aliphatic rings. The molecular weight excluding hydrogens is 621 g/mol. The Labute approximate surface area is 290 Å². The Kier molecular flexibility index (Phi) is 10.6. The van der Waals surface area contributed by atoms with E-state index in [4.69, 9.17) is 25.0 Å². The minimum atomic E-state index is 0.0114. The highest BCUT2D eigenvalue weighted by Gasteiger charge is 2.52. The zero-order valence-corrected chi connectivity index (χ0v) is 30.6. The maximum absolute atomic E-state index is 9.78. The first kappa shape index (κ1) is 34.7. The van der Waals surface area contributed by atoms with Crippen LogP contribution in [0, 0.1) is 11.3 Å². The number of likely N-dealkylation sites (tertiary alicyclic amines) is 1. The molecule has 2 unspecified atom stereocenters. The summed E-state index contributed by atoms with van der Waals surface area (Å²) in [6, 6.07) is 5.32. The van der Waals surface area contributed by atoms with Crippen molar-refractivity contribution in [3.8, 4) is 23.5 Å². The number of nitriles is 1. The summed E-state index contributed by atoms with van der Waals surface area (Å²) in [7, 11) is 2.18. The molecule has 3 atom stereocenters. The number of aryl methyl sites for hydroxylation is 2. The molecule has 0 amide bonds. The number of nitrogens with zero attached hydrogens (tertiary/aromatic N) is 7. The van der Waals surface area contributed by atoms with Gasteiger partial charge in [-0.15, -0.1) is 11.3 Å². The third-order valence-electron chi connectivity index (χ3n) is 11.0. The summed E-state index contributed by atoms with van der Waals surface area (Å²) in [5, 5.41) is 14.9. The number of hydrogen-bond donors (Lipinski definition) is 1. The number of nitrogen functional groups attached to an aromatic ring is 1. The van der Waals surface area contributed by atoms with Gasteiger partial charge < -0.3 is 19.9 Å². The molecule has 0 aromatic carbocycles. The molecule has 1 saturated carbocycles. The fourth-order valence-corrected chi connectivity index (χ4v) is 9.61. The van der Waals surface area contributed by atoms with E-state index in [2.05, 4.69) is 53.7 Å². The van der Waals surface area contributed by atoms with E-state index in [-0.39, 0.29) is 11.6 Å². The number of fused-ring (bicyclic) bond motifs is 1. The fourth-order valence-electron chi connectivity index (χ4n) is 8.46. The van der Waals surface area contributed by atoms with Gasteiger partial charge in [-0.05, 0) is 110 Å². The molecule has 5 heterocycles. The van der Waals surface area contributed by atoms with Crippen molar-refractivity contribution >= 4 is 22.2 Å². The first-order valence-corrected chi connectivity index (χ1v) is 19.1. The Hall–Kier alpha value is -3.20. The van der Waals surface area contributed by atoms with Gasteiger partial charge in [0, 0.05) is 53.8 Å². The Bertz CT molecular complexity index is 1590. The van der Waals surface area contributed by atoms with Crippen LogP contribution in [0.25, 0.3) is 11.5 Å². The van der Waals surface area contributed by atoms with Crippen LogP contribution in [-0.2, 0) is 12.8 Å². The average molecular weight is 675 g/mol. The number of hydrogen-bond acceptors (Lipinski definition) is 11. The molecular formula is C37H54N8O2S. The molecule has 0 radical (unpaired) electrons. The molecule has 2 saturated heterocycles. The number of rotatable bonds is 10. The van der Waals surface area contributed by atoms with Gasteiger partial charge in [-0.2, -0.15) is 10.2 Å². The third-order valence-corrected chi connectivity index (χ3v) is 12.1. The molecule has 2 aliphatic heterocycles. The monoisotopic (exact) mass is 674 g/mol. The largest absolute Gasteiger partial charge is 0.473 e. The number of aromatic nitrogens is 3. The number of thiophene rings is 1. The van der Waals surface area contributed by atoms with Gasteiger partial charge in [0.2, 0.25) is 5.88 Å². The van der Waals surface area contributed by atoms with Gasteiger partial charge in [-0.25, -0.2) is 4.98 Å². The molecule has 48 heavy (non-hydrogen) atoms. The van der Waals surface area contributed by atoms with Gasteiger partial charge in [0.25, 0.3) is 0 Å². The van der Waals surface area contributed by atoms with Crippen LogP contribution in [0.1, 0.15) is 113 Å². The number of ether oxygens (including phenoxy) is 1. The topological polar surface area (TPSA) is 121 Å². The summed E-state index contributed by atoms with van der Waals surface area (Å²) < 4.78 is 12.2. The molecule has 3 aromatic heterocycles. The molecule has 2 N–H and O–H groups in total. The SMILES string of the molecule is CC.CC(C)N1CCN(c2cc(O[C@@H](C)C3CCCN3C)nc(-c3nocc3CCCC3CCCc4sc(N)c(C#N)c43)n2)CC12CC2. The van der Waals surface area contributed by atoms with Crippen LogP contribution in [0.2, 0.25) is 0 Å². The third kappa shape index (κ3) is 6.94. The molecule has 1 spiro atoms. The second-order valence-electron chi connectivity index (χ2n) is 14.3. The average Bonchev–Trinajstić information content (AvgIpc) is 3.39. The first-order valence-electron chi connectivity index (χ1n) is 18.3. The predicted octanol–water partition coefficient (Wildman–Crippen LogP) is 7.04. The molecule has 10 nitrogen and oxygen atoms in total. The van der Waals surface area contributed by atoms with Crippen molar-refractivity contribution in [3.05, 3.63) is 33.9 Å². The number of piperazine rings is 1.